The Labute approximate surface area is 494 Å². The van der Waals surface area contributed by atoms with Crippen molar-refractivity contribution < 1.29 is 0 Å². The van der Waals surface area contributed by atoms with Gasteiger partial charge in [0.25, 0.3) is 0 Å². The fraction of sp³-hybridized carbons (Fsp3) is 0.410. The Bertz CT molecular complexity index is 3800. The van der Waals surface area contributed by atoms with Gasteiger partial charge in [0.2, 0.25) is 0 Å². The minimum Gasteiger partial charge on any atom is -0.354 e. The van der Waals surface area contributed by atoms with Crippen molar-refractivity contribution in [1.82, 2.24) is 19.9 Å². The first-order valence-electron chi connectivity index (χ1n) is 30.1. The fourth-order valence-electron chi connectivity index (χ4n) is 11.2. The molecule has 4 nitrogen and oxygen atoms in total. The van der Waals surface area contributed by atoms with Crippen molar-refractivity contribution in [3.8, 4) is 44.5 Å². The lowest BCUT2D eigenvalue weighted by Crippen LogP contribution is -2.16. The lowest BCUT2D eigenvalue weighted by Gasteiger charge is -2.26. The van der Waals surface area contributed by atoms with E-state index >= 15 is 0 Å². The van der Waals surface area contributed by atoms with E-state index in [1.54, 1.807) is 0 Å². The van der Waals surface area contributed by atoms with Crippen LogP contribution in [0.2, 0.25) is 0 Å². The average molecular weight is 1090 g/mol. The molecule has 0 aliphatic carbocycles. The number of H-pyrrole nitrogens is 2. The number of aromatic nitrogens is 4. The first-order valence-corrected chi connectivity index (χ1v) is 30.1. The van der Waals surface area contributed by atoms with Gasteiger partial charge in [-0.1, -0.05) is 252 Å². The molecule has 0 amide bonds. The molecule has 4 heteroatoms. The minimum atomic E-state index is -0.125. The summed E-state index contributed by atoms with van der Waals surface area (Å²) in [5, 5.41) is 0. The van der Waals surface area contributed by atoms with Crippen LogP contribution in [-0.4, -0.2) is 19.9 Å². The number of rotatable bonds is 5. The van der Waals surface area contributed by atoms with E-state index < -0.39 is 0 Å². The molecule has 2 aliphatic rings. The number of hydrogen-bond acceptors (Lipinski definition) is 2. The highest BCUT2D eigenvalue weighted by Gasteiger charge is 2.30. The Morgan fingerprint density at radius 3 is 0.780 bits per heavy atom. The third kappa shape index (κ3) is 12.0. The topological polar surface area (TPSA) is 57.4 Å². The smallest absolute Gasteiger partial charge is 0.0809 e. The van der Waals surface area contributed by atoms with Crippen molar-refractivity contribution in [2.24, 2.45) is 0 Å². The van der Waals surface area contributed by atoms with E-state index in [1.165, 1.54) is 44.5 Å². The summed E-state index contributed by atoms with van der Waals surface area (Å²) in [4.78, 5) is 20.1. The van der Waals surface area contributed by atoms with Crippen molar-refractivity contribution >= 4 is 45.9 Å². The van der Waals surface area contributed by atoms with Crippen LogP contribution in [0.25, 0.3) is 90.4 Å². The van der Waals surface area contributed by atoms with Gasteiger partial charge in [-0.05, 0) is 153 Å². The van der Waals surface area contributed by atoms with E-state index in [-0.39, 0.29) is 43.3 Å². The molecule has 0 atom stereocenters. The van der Waals surface area contributed by atoms with Crippen LogP contribution in [0, 0.1) is 0 Å². The van der Waals surface area contributed by atoms with Gasteiger partial charge in [0.15, 0.2) is 0 Å². The van der Waals surface area contributed by atoms with E-state index in [9.17, 15) is 0 Å². The lowest BCUT2D eigenvalue weighted by molar-refractivity contribution is 0.568. The standard InChI is InChI=1S/C78H96N4/c1-26-46-41-65-68(49-37-55(75(14,15)16)44-56(38-49)76(17,18)19)63-30-29-61(80-63)66(47-33-51(71(2,3)4)42-52(34-47)72(5,6)7)59-27-28-60(79-59)67(48-35-53(73(8,9)10)43-54(36-48)74(11,12)13)62-31-32-64(81-62)69(70(46)82-65)50-39-57(77(20,21)22)45-58(40-50)78(23,24)25/h26-45,80-81H,1H2,2-25H3. The van der Waals surface area contributed by atoms with Gasteiger partial charge in [-0.15, -0.1) is 0 Å². The summed E-state index contributed by atoms with van der Waals surface area (Å²) in [5.41, 5.74) is 26.4. The summed E-state index contributed by atoms with van der Waals surface area (Å²) in [6.45, 7) is 60.3. The summed E-state index contributed by atoms with van der Waals surface area (Å²) < 4.78 is 0. The number of allylic oxidation sites excluding steroid dienone is 2. The normalized spacial score (nSPS) is 13.9. The van der Waals surface area contributed by atoms with Crippen LogP contribution < -0.4 is 0 Å². The Hall–Kier alpha value is -6.78. The highest BCUT2D eigenvalue weighted by Crippen LogP contribution is 2.46. The number of nitrogens with one attached hydrogen (secondary N) is 2. The molecule has 428 valence electrons. The number of hydrogen-bond donors (Lipinski definition) is 2. The fourth-order valence-corrected chi connectivity index (χ4v) is 11.2. The highest BCUT2D eigenvalue weighted by molar-refractivity contribution is 6.04. The number of fused-ring (bicyclic) bond motifs is 8. The number of nitrogens with zero attached hydrogens (tertiary/aromatic N) is 2. The average Bonchev–Trinajstić information content (AvgIpc) is 4.21. The lowest BCUT2D eigenvalue weighted by atomic mass is 9.78. The van der Waals surface area contributed by atoms with E-state index in [1.807, 2.05) is 6.08 Å². The molecule has 9 rings (SSSR count). The highest BCUT2D eigenvalue weighted by atomic mass is 14.8. The SMILES string of the molecule is C=CC1=Cc2nc1c(-c1cc(C(C)(C)C)cc(C(C)(C)C)c1)c1ccc([nH]1)c(-c1cc(C(C)(C)C)cc(C(C)(C)C)c1)c1nc(c(-c3cc(C(C)(C)C)cc(C(C)(C)C)c3)c3ccc([nH]3)c2-c2cc(C(C)(C)C)cc(C(C)(C)C)c2)C=C1. The van der Waals surface area contributed by atoms with Crippen LogP contribution >= 0.6 is 0 Å². The first-order chi connectivity index (χ1) is 37.6. The quantitative estimate of drug-likeness (QED) is 0.180. The van der Waals surface area contributed by atoms with Gasteiger partial charge >= 0.3 is 0 Å². The summed E-state index contributed by atoms with van der Waals surface area (Å²) in [6, 6.07) is 38.0. The molecule has 2 aliphatic heterocycles. The minimum absolute atomic E-state index is 0.110. The van der Waals surface area contributed by atoms with Gasteiger partial charge in [-0.3, -0.25) is 0 Å². The van der Waals surface area contributed by atoms with Crippen LogP contribution in [0.15, 0.2) is 110 Å². The maximum Gasteiger partial charge on any atom is 0.0809 e. The molecule has 4 aromatic carbocycles. The molecule has 0 fully saturated rings. The van der Waals surface area contributed by atoms with Crippen LogP contribution in [0.3, 0.4) is 0 Å². The van der Waals surface area contributed by atoms with Gasteiger partial charge in [0.05, 0.1) is 22.8 Å². The second-order valence-corrected chi connectivity index (χ2v) is 32.1. The third-order valence-electron chi connectivity index (χ3n) is 16.9. The molecule has 8 bridgehead atoms. The zero-order valence-corrected chi connectivity index (χ0v) is 54.6. The molecular formula is C78H96N4. The molecule has 82 heavy (non-hydrogen) atoms. The van der Waals surface area contributed by atoms with Crippen LogP contribution in [-0.2, 0) is 43.3 Å². The summed E-state index contributed by atoms with van der Waals surface area (Å²) in [5.74, 6) is 0. The van der Waals surface area contributed by atoms with Crippen molar-refractivity contribution in [2.45, 2.75) is 209 Å². The first kappa shape index (κ1) is 59.8. The van der Waals surface area contributed by atoms with Gasteiger partial charge in [-0.2, -0.15) is 0 Å². The number of aromatic amines is 2. The number of benzene rings is 4. The van der Waals surface area contributed by atoms with Gasteiger partial charge in [0, 0.05) is 49.9 Å². The van der Waals surface area contributed by atoms with Gasteiger partial charge < -0.3 is 9.97 Å². The van der Waals surface area contributed by atoms with Crippen LogP contribution in [0.5, 0.6) is 0 Å². The molecule has 0 saturated heterocycles. The Morgan fingerprint density at radius 1 is 0.305 bits per heavy atom. The Morgan fingerprint density at radius 2 is 0.537 bits per heavy atom. The third-order valence-corrected chi connectivity index (χ3v) is 16.9. The molecule has 0 saturated carbocycles. The van der Waals surface area contributed by atoms with Crippen molar-refractivity contribution in [2.75, 3.05) is 0 Å². The molecule has 7 aromatic rings. The van der Waals surface area contributed by atoms with Crippen LogP contribution in [0.4, 0.5) is 0 Å². The molecular weight excluding hydrogens is 993 g/mol. The maximum absolute atomic E-state index is 5.97. The second-order valence-electron chi connectivity index (χ2n) is 32.1. The second kappa shape index (κ2) is 20.2. The zero-order chi connectivity index (χ0) is 60.4. The summed E-state index contributed by atoms with van der Waals surface area (Å²) in [7, 11) is 0. The molecule has 0 spiro atoms. The largest absolute Gasteiger partial charge is 0.354 e. The van der Waals surface area contributed by atoms with Gasteiger partial charge in [-0.25, -0.2) is 9.97 Å². The predicted octanol–water partition coefficient (Wildman–Crippen LogP) is 22.3. The van der Waals surface area contributed by atoms with E-state index in [0.29, 0.717) is 0 Å². The van der Waals surface area contributed by atoms with Crippen molar-refractivity contribution in [3.05, 3.63) is 177 Å². The maximum atomic E-state index is 5.97. The Kier molecular flexibility index (Phi) is 14.8. The van der Waals surface area contributed by atoms with E-state index in [4.69, 9.17) is 9.97 Å². The summed E-state index contributed by atoms with van der Waals surface area (Å²) in [6.07, 6.45) is 8.79. The zero-order valence-electron chi connectivity index (χ0n) is 54.6. The monoisotopic (exact) mass is 1090 g/mol. The van der Waals surface area contributed by atoms with Crippen LogP contribution in [0.1, 0.15) is 233 Å². The van der Waals surface area contributed by atoms with Crippen molar-refractivity contribution in [1.29, 1.82) is 0 Å². The Balaban J connectivity index is 1.59. The molecule has 2 N–H and O–H groups in total. The molecule has 0 unspecified atom stereocenters. The van der Waals surface area contributed by atoms with Crippen molar-refractivity contribution in [3.63, 3.8) is 0 Å². The summed E-state index contributed by atoms with van der Waals surface area (Å²) >= 11 is 0. The van der Waals surface area contributed by atoms with E-state index in [0.717, 1.165) is 94.9 Å². The molecule has 0 radical (unpaired) electrons. The van der Waals surface area contributed by atoms with Gasteiger partial charge in [0.1, 0.15) is 0 Å². The molecule has 5 heterocycles. The molecule has 3 aromatic heterocycles. The predicted molar refractivity (Wildman–Crippen MR) is 359 cm³/mol. The van der Waals surface area contributed by atoms with E-state index in [2.05, 4.69) is 298 Å².